The van der Waals surface area contributed by atoms with Crippen molar-refractivity contribution >= 4 is 5.91 Å². The van der Waals surface area contributed by atoms with Crippen LogP contribution in [0.1, 0.15) is 46.5 Å². The maximum absolute atomic E-state index is 11.8. The molecule has 0 aromatic rings. The SMILES string of the molecule is CCCC(N)C(=O)NC[C@H]1CCCN1CC(C)C. The van der Waals surface area contributed by atoms with E-state index in [2.05, 4.69) is 31.0 Å². The molecule has 1 amide bonds. The van der Waals surface area contributed by atoms with Crippen LogP contribution in [0.4, 0.5) is 0 Å². The molecule has 0 spiro atoms. The molecule has 1 rings (SSSR count). The molecule has 4 heteroatoms. The number of nitrogens with zero attached hydrogens (tertiary/aromatic N) is 1. The fraction of sp³-hybridized carbons (Fsp3) is 0.929. The molecule has 1 aliphatic rings. The molecule has 3 N–H and O–H groups in total. The largest absolute Gasteiger partial charge is 0.353 e. The molecular formula is C14H29N3O. The first-order chi connectivity index (χ1) is 8.54. The third-order valence-electron chi connectivity index (χ3n) is 3.55. The van der Waals surface area contributed by atoms with E-state index in [1.54, 1.807) is 0 Å². The summed E-state index contributed by atoms with van der Waals surface area (Å²) >= 11 is 0. The fourth-order valence-electron chi connectivity index (χ4n) is 2.63. The Balaban J connectivity index is 2.31. The van der Waals surface area contributed by atoms with Crippen molar-refractivity contribution in [2.75, 3.05) is 19.6 Å². The average Bonchev–Trinajstić information content (AvgIpc) is 2.72. The van der Waals surface area contributed by atoms with Gasteiger partial charge in [0.2, 0.25) is 5.91 Å². The summed E-state index contributed by atoms with van der Waals surface area (Å²) in [5, 5.41) is 3.01. The number of rotatable bonds is 7. The molecule has 1 aliphatic heterocycles. The summed E-state index contributed by atoms with van der Waals surface area (Å²) in [6.45, 7) is 9.58. The molecule has 0 aliphatic carbocycles. The number of likely N-dealkylation sites (tertiary alicyclic amines) is 1. The van der Waals surface area contributed by atoms with Gasteiger partial charge in [0.05, 0.1) is 6.04 Å². The van der Waals surface area contributed by atoms with E-state index in [0.717, 1.165) is 25.9 Å². The van der Waals surface area contributed by atoms with Crippen molar-refractivity contribution in [3.8, 4) is 0 Å². The van der Waals surface area contributed by atoms with E-state index in [9.17, 15) is 4.79 Å². The van der Waals surface area contributed by atoms with Crippen LogP contribution in [-0.4, -0.2) is 42.5 Å². The number of hydrogen-bond acceptors (Lipinski definition) is 3. The minimum atomic E-state index is -0.338. The molecule has 0 aromatic heterocycles. The van der Waals surface area contributed by atoms with E-state index in [-0.39, 0.29) is 11.9 Å². The van der Waals surface area contributed by atoms with Gasteiger partial charge >= 0.3 is 0 Å². The van der Waals surface area contributed by atoms with Crippen LogP contribution in [0.3, 0.4) is 0 Å². The predicted octanol–water partition coefficient (Wildman–Crippen LogP) is 1.35. The summed E-state index contributed by atoms with van der Waals surface area (Å²) in [6.07, 6.45) is 4.16. The van der Waals surface area contributed by atoms with Crippen LogP contribution in [-0.2, 0) is 4.79 Å². The quantitative estimate of drug-likeness (QED) is 0.722. The molecule has 2 atom stereocenters. The molecule has 1 saturated heterocycles. The number of amides is 1. The van der Waals surface area contributed by atoms with E-state index >= 15 is 0 Å². The molecule has 0 aromatic carbocycles. The lowest BCUT2D eigenvalue weighted by molar-refractivity contribution is -0.122. The molecule has 0 bridgehead atoms. The fourth-order valence-corrected chi connectivity index (χ4v) is 2.63. The Kier molecular flexibility index (Phi) is 6.65. The first kappa shape index (κ1) is 15.4. The van der Waals surface area contributed by atoms with Crippen molar-refractivity contribution in [3.05, 3.63) is 0 Å². The lowest BCUT2D eigenvalue weighted by Crippen LogP contribution is -2.46. The Hall–Kier alpha value is -0.610. The molecule has 1 fully saturated rings. The van der Waals surface area contributed by atoms with Crippen LogP contribution < -0.4 is 11.1 Å². The summed E-state index contributed by atoms with van der Waals surface area (Å²) in [7, 11) is 0. The van der Waals surface area contributed by atoms with E-state index in [4.69, 9.17) is 5.73 Å². The van der Waals surface area contributed by atoms with Crippen LogP contribution in [0.25, 0.3) is 0 Å². The maximum atomic E-state index is 11.8. The van der Waals surface area contributed by atoms with Crippen LogP contribution in [0.5, 0.6) is 0 Å². The number of nitrogens with one attached hydrogen (secondary N) is 1. The van der Waals surface area contributed by atoms with Crippen LogP contribution in [0.2, 0.25) is 0 Å². The maximum Gasteiger partial charge on any atom is 0.236 e. The molecular weight excluding hydrogens is 226 g/mol. The first-order valence-corrected chi connectivity index (χ1v) is 7.32. The van der Waals surface area contributed by atoms with Gasteiger partial charge in [-0.05, 0) is 31.7 Å². The summed E-state index contributed by atoms with van der Waals surface area (Å²) in [5.74, 6) is 0.692. The van der Waals surface area contributed by atoms with Gasteiger partial charge in [-0.25, -0.2) is 0 Å². The van der Waals surface area contributed by atoms with E-state index in [1.165, 1.54) is 19.4 Å². The number of carbonyl (C=O) groups excluding carboxylic acids is 1. The van der Waals surface area contributed by atoms with Gasteiger partial charge in [0.25, 0.3) is 0 Å². The van der Waals surface area contributed by atoms with E-state index < -0.39 is 0 Å². The highest BCUT2D eigenvalue weighted by atomic mass is 16.2. The third-order valence-corrected chi connectivity index (χ3v) is 3.55. The normalized spacial score (nSPS) is 22.4. The average molecular weight is 255 g/mol. The smallest absolute Gasteiger partial charge is 0.236 e. The van der Waals surface area contributed by atoms with Crippen molar-refractivity contribution in [2.24, 2.45) is 11.7 Å². The summed E-state index contributed by atoms with van der Waals surface area (Å²) in [5.41, 5.74) is 5.80. The van der Waals surface area contributed by atoms with Gasteiger partial charge in [-0.1, -0.05) is 27.2 Å². The van der Waals surface area contributed by atoms with Gasteiger partial charge < -0.3 is 11.1 Å². The van der Waals surface area contributed by atoms with Gasteiger partial charge in [0.15, 0.2) is 0 Å². The summed E-state index contributed by atoms with van der Waals surface area (Å²) in [6, 6.07) is 0.167. The minimum absolute atomic E-state index is 0.00764. The predicted molar refractivity (Wildman–Crippen MR) is 75.3 cm³/mol. The highest BCUT2D eigenvalue weighted by Gasteiger charge is 2.25. The van der Waals surface area contributed by atoms with Gasteiger partial charge in [-0.2, -0.15) is 0 Å². The second-order valence-electron chi connectivity index (χ2n) is 5.83. The van der Waals surface area contributed by atoms with Gasteiger partial charge in [-0.15, -0.1) is 0 Å². The van der Waals surface area contributed by atoms with Crippen LogP contribution in [0.15, 0.2) is 0 Å². The topological polar surface area (TPSA) is 58.4 Å². The zero-order chi connectivity index (χ0) is 13.5. The Morgan fingerprint density at radius 2 is 2.22 bits per heavy atom. The van der Waals surface area contributed by atoms with Gasteiger partial charge in [-0.3, -0.25) is 9.69 Å². The van der Waals surface area contributed by atoms with Crippen molar-refractivity contribution in [3.63, 3.8) is 0 Å². The van der Waals surface area contributed by atoms with Crippen LogP contribution >= 0.6 is 0 Å². The highest BCUT2D eigenvalue weighted by molar-refractivity contribution is 5.81. The first-order valence-electron chi connectivity index (χ1n) is 7.32. The molecule has 1 unspecified atom stereocenters. The molecule has 0 saturated carbocycles. The Morgan fingerprint density at radius 1 is 1.50 bits per heavy atom. The number of nitrogens with two attached hydrogens (primary N) is 1. The zero-order valence-electron chi connectivity index (χ0n) is 12.1. The van der Waals surface area contributed by atoms with E-state index in [0.29, 0.717) is 12.0 Å². The van der Waals surface area contributed by atoms with Gasteiger partial charge in [0, 0.05) is 19.1 Å². The van der Waals surface area contributed by atoms with Crippen molar-refractivity contribution in [1.82, 2.24) is 10.2 Å². The zero-order valence-corrected chi connectivity index (χ0v) is 12.1. The third kappa shape index (κ3) is 4.94. The minimum Gasteiger partial charge on any atom is -0.353 e. The number of carbonyl (C=O) groups is 1. The van der Waals surface area contributed by atoms with Crippen molar-refractivity contribution < 1.29 is 4.79 Å². The Bertz CT molecular complexity index is 255. The Morgan fingerprint density at radius 3 is 2.83 bits per heavy atom. The molecule has 18 heavy (non-hydrogen) atoms. The monoisotopic (exact) mass is 255 g/mol. The van der Waals surface area contributed by atoms with Gasteiger partial charge in [0.1, 0.15) is 0 Å². The summed E-state index contributed by atoms with van der Waals surface area (Å²) < 4.78 is 0. The number of hydrogen-bond donors (Lipinski definition) is 2. The molecule has 4 nitrogen and oxygen atoms in total. The Labute approximate surface area is 111 Å². The molecule has 106 valence electrons. The second-order valence-corrected chi connectivity index (χ2v) is 5.83. The molecule has 1 heterocycles. The molecule has 0 radical (unpaired) electrons. The van der Waals surface area contributed by atoms with Crippen LogP contribution in [0, 0.1) is 5.92 Å². The standard InChI is InChI=1S/C14H29N3O/c1-4-6-13(15)14(18)16-9-12-7-5-8-17(12)10-11(2)3/h11-13H,4-10,15H2,1-3H3,(H,16,18)/t12-,13?/m1/s1. The highest BCUT2D eigenvalue weighted by Crippen LogP contribution is 2.17. The lowest BCUT2D eigenvalue weighted by atomic mass is 10.1. The second kappa shape index (κ2) is 7.74. The van der Waals surface area contributed by atoms with E-state index in [1.807, 2.05) is 0 Å². The summed E-state index contributed by atoms with van der Waals surface area (Å²) in [4.78, 5) is 14.3. The van der Waals surface area contributed by atoms with Crippen molar-refractivity contribution in [2.45, 2.75) is 58.5 Å². The van der Waals surface area contributed by atoms with Crippen molar-refractivity contribution in [1.29, 1.82) is 0 Å². The lowest BCUT2D eigenvalue weighted by Gasteiger charge is -2.26.